The van der Waals surface area contributed by atoms with Crippen LogP contribution in [0.1, 0.15) is 31.1 Å². The van der Waals surface area contributed by atoms with Gasteiger partial charge in [0, 0.05) is 31.2 Å². The average Bonchev–Trinajstić information content (AvgIpc) is 2.86. The van der Waals surface area contributed by atoms with Gasteiger partial charge in [-0.1, -0.05) is 6.42 Å². The van der Waals surface area contributed by atoms with Crippen LogP contribution in [0, 0.1) is 0 Å². The Kier molecular flexibility index (Phi) is 5.15. The van der Waals surface area contributed by atoms with Crippen LogP contribution in [0.15, 0.2) is 6.20 Å². The predicted molar refractivity (Wildman–Crippen MR) is 78.4 cm³/mol. The van der Waals surface area contributed by atoms with E-state index in [1.807, 2.05) is 6.20 Å². The third kappa shape index (κ3) is 3.67. The fourth-order valence-corrected chi connectivity index (χ4v) is 3.36. The van der Waals surface area contributed by atoms with Gasteiger partial charge in [0.15, 0.2) is 5.13 Å². The second-order valence-electron chi connectivity index (χ2n) is 4.76. The van der Waals surface area contributed by atoms with E-state index in [1.165, 1.54) is 11.3 Å². The molecular formula is C13H22N4OS. The average molecular weight is 282 g/mol. The summed E-state index contributed by atoms with van der Waals surface area (Å²) < 4.78 is 0. The zero-order chi connectivity index (χ0) is 13.7. The first-order chi connectivity index (χ1) is 9.24. The molecule has 0 aromatic carbocycles. The summed E-state index contributed by atoms with van der Waals surface area (Å²) in [6.07, 6.45) is 5.18. The van der Waals surface area contributed by atoms with Crippen LogP contribution >= 0.6 is 11.3 Å². The molecule has 0 bridgehead atoms. The minimum Gasteiger partial charge on any atom is -0.362 e. The highest BCUT2D eigenvalue weighted by Gasteiger charge is 2.28. The fraction of sp³-hybridized carbons (Fsp3) is 0.692. The van der Waals surface area contributed by atoms with E-state index < -0.39 is 0 Å². The van der Waals surface area contributed by atoms with Crippen molar-refractivity contribution in [2.24, 2.45) is 0 Å². The lowest BCUT2D eigenvalue weighted by molar-refractivity contribution is -0.127. The zero-order valence-corrected chi connectivity index (χ0v) is 12.4. The van der Waals surface area contributed by atoms with Crippen molar-refractivity contribution in [1.29, 1.82) is 0 Å². The van der Waals surface area contributed by atoms with Crippen LogP contribution < -0.4 is 10.6 Å². The van der Waals surface area contributed by atoms with Crippen LogP contribution in [0.3, 0.4) is 0 Å². The van der Waals surface area contributed by atoms with Gasteiger partial charge in [0.05, 0.1) is 6.04 Å². The number of thiazole rings is 1. The van der Waals surface area contributed by atoms with E-state index in [-0.39, 0.29) is 11.9 Å². The van der Waals surface area contributed by atoms with Crippen LogP contribution in [0.2, 0.25) is 0 Å². The summed E-state index contributed by atoms with van der Waals surface area (Å²) in [5.74, 6) is 0.135. The topological polar surface area (TPSA) is 57.3 Å². The molecule has 1 aromatic rings. The van der Waals surface area contributed by atoms with E-state index in [0.29, 0.717) is 0 Å². The van der Waals surface area contributed by atoms with Crippen molar-refractivity contribution in [2.45, 2.75) is 38.8 Å². The smallest absolute Gasteiger partial charge is 0.237 e. The van der Waals surface area contributed by atoms with Crippen LogP contribution in [0.4, 0.5) is 5.13 Å². The molecule has 0 aliphatic carbocycles. The summed E-state index contributed by atoms with van der Waals surface area (Å²) in [7, 11) is 1.71. The maximum absolute atomic E-state index is 11.9. The number of carbonyl (C=O) groups is 1. The maximum Gasteiger partial charge on any atom is 0.237 e. The highest BCUT2D eigenvalue weighted by molar-refractivity contribution is 7.15. The fourth-order valence-electron chi connectivity index (χ4n) is 2.46. The second kappa shape index (κ2) is 6.86. The molecule has 2 rings (SSSR count). The number of likely N-dealkylation sites (N-methyl/N-ethyl adjacent to an activating group) is 1. The number of hydrogen-bond donors (Lipinski definition) is 2. The molecule has 1 aliphatic rings. The molecule has 1 saturated heterocycles. The van der Waals surface area contributed by atoms with Crippen LogP contribution in [-0.4, -0.2) is 42.0 Å². The standard InChI is InChI=1S/C13H22N4OS/c1-3-15-13-16-8-10(19-13)9-17-7-5-4-6-11(17)12(18)14-2/h8,11H,3-7,9H2,1-2H3,(H,14,18)(H,15,16). The SMILES string of the molecule is CCNc1ncc(CN2CCCCC2C(=O)NC)s1. The monoisotopic (exact) mass is 282 g/mol. The highest BCUT2D eigenvalue weighted by Crippen LogP contribution is 2.24. The van der Waals surface area contributed by atoms with Gasteiger partial charge in [-0.15, -0.1) is 11.3 Å². The third-order valence-corrected chi connectivity index (χ3v) is 4.34. The second-order valence-corrected chi connectivity index (χ2v) is 5.87. The number of nitrogens with one attached hydrogen (secondary N) is 2. The molecule has 5 nitrogen and oxygen atoms in total. The number of hydrogen-bond acceptors (Lipinski definition) is 5. The first kappa shape index (κ1) is 14.3. The molecule has 6 heteroatoms. The molecule has 2 heterocycles. The van der Waals surface area contributed by atoms with Crippen LogP contribution in [-0.2, 0) is 11.3 Å². The van der Waals surface area contributed by atoms with Gasteiger partial charge in [0.2, 0.25) is 5.91 Å². The molecule has 0 saturated carbocycles. The summed E-state index contributed by atoms with van der Waals surface area (Å²) in [5.41, 5.74) is 0. The Hall–Kier alpha value is -1.14. The molecule has 1 amide bonds. The van der Waals surface area contributed by atoms with E-state index in [1.54, 1.807) is 18.4 Å². The Morgan fingerprint density at radius 1 is 1.58 bits per heavy atom. The number of nitrogens with zero attached hydrogens (tertiary/aromatic N) is 2. The first-order valence-corrected chi connectivity index (χ1v) is 7.70. The number of likely N-dealkylation sites (tertiary alicyclic amines) is 1. The van der Waals surface area contributed by atoms with E-state index in [2.05, 4.69) is 27.4 Å². The van der Waals surface area contributed by atoms with Crippen molar-refractivity contribution in [1.82, 2.24) is 15.2 Å². The molecule has 2 N–H and O–H groups in total. The van der Waals surface area contributed by atoms with Gasteiger partial charge in [0.25, 0.3) is 0 Å². The number of rotatable bonds is 5. The number of aromatic nitrogens is 1. The Morgan fingerprint density at radius 2 is 2.42 bits per heavy atom. The van der Waals surface area contributed by atoms with Crippen molar-refractivity contribution in [3.05, 3.63) is 11.1 Å². The van der Waals surface area contributed by atoms with E-state index in [9.17, 15) is 4.79 Å². The zero-order valence-electron chi connectivity index (χ0n) is 11.6. The number of amides is 1. The molecule has 1 unspecified atom stereocenters. The molecule has 106 valence electrons. The molecule has 0 spiro atoms. The van der Waals surface area contributed by atoms with Gasteiger partial charge in [-0.3, -0.25) is 9.69 Å². The Labute approximate surface area is 118 Å². The van der Waals surface area contributed by atoms with Gasteiger partial charge < -0.3 is 10.6 Å². The number of piperidine rings is 1. The van der Waals surface area contributed by atoms with E-state index in [4.69, 9.17) is 0 Å². The summed E-state index contributed by atoms with van der Waals surface area (Å²) in [5, 5.41) is 6.95. The maximum atomic E-state index is 11.9. The van der Waals surface area contributed by atoms with Crippen molar-refractivity contribution in [3.8, 4) is 0 Å². The van der Waals surface area contributed by atoms with E-state index in [0.717, 1.165) is 37.6 Å². The third-order valence-electron chi connectivity index (χ3n) is 3.40. The lowest BCUT2D eigenvalue weighted by atomic mass is 10.0. The summed E-state index contributed by atoms with van der Waals surface area (Å²) in [4.78, 5) is 19.7. The lowest BCUT2D eigenvalue weighted by Crippen LogP contribution is -2.48. The van der Waals surface area contributed by atoms with Gasteiger partial charge in [-0.05, 0) is 26.3 Å². The normalized spacial score (nSPS) is 20.2. The molecule has 1 fully saturated rings. The van der Waals surface area contributed by atoms with E-state index >= 15 is 0 Å². The quantitative estimate of drug-likeness (QED) is 0.862. The van der Waals surface area contributed by atoms with Gasteiger partial charge in [-0.2, -0.15) is 0 Å². The van der Waals surface area contributed by atoms with Gasteiger partial charge in [0.1, 0.15) is 0 Å². The Morgan fingerprint density at radius 3 is 3.16 bits per heavy atom. The largest absolute Gasteiger partial charge is 0.362 e. The molecule has 1 aliphatic heterocycles. The van der Waals surface area contributed by atoms with Crippen LogP contribution in [0.5, 0.6) is 0 Å². The highest BCUT2D eigenvalue weighted by atomic mass is 32.1. The Bertz CT molecular complexity index is 421. The van der Waals surface area contributed by atoms with Gasteiger partial charge in [-0.25, -0.2) is 4.98 Å². The summed E-state index contributed by atoms with van der Waals surface area (Å²) in [6, 6.07) is 0.0171. The first-order valence-electron chi connectivity index (χ1n) is 6.88. The van der Waals surface area contributed by atoms with Gasteiger partial charge >= 0.3 is 0 Å². The molecule has 19 heavy (non-hydrogen) atoms. The summed E-state index contributed by atoms with van der Waals surface area (Å²) >= 11 is 1.68. The molecule has 0 radical (unpaired) electrons. The minimum atomic E-state index is 0.0171. The van der Waals surface area contributed by atoms with Crippen molar-refractivity contribution < 1.29 is 4.79 Å². The molecule has 1 aromatic heterocycles. The number of anilines is 1. The molecular weight excluding hydrogens is 260 g/mol. The Balaban J connectivity index is 2.00. The lowest BCUT2D eigenvalue weighted by Gasteiger charge is -2.33. The van der Waals surface area contributed by atoms with Crippen molar-refractivity contribution in [3.63, 3.8) is 0 Å². The van der Waals surface area contributed by atoms with Crippen molar-refractivity contribution in [2.75, 3.05) is 25.5 Å². The number of carbonyl (C=O) groups excluding carboxylic acids is 1. The van der Waals surface area contributed by atoms with Crippen molar-refractivity contribution >= 4 is 22.4 Å². The predicted octanol–water partition coefficient (Wildman–Crippen LogP) is 1.68. The summed E-state index contributed by atoms with van der Waals surface area (Å²) in [6.45, 7) is 4.76. The minimum absolute atomic E-state index is 0.0171. The van der Waals surface area contributed by atoms with Crippen LogP contribution in [0.25, 0.3) is 0 Å². The molecule has 1 atom stereocenters.